The molecule has 0 spiro atoms. The molecule has 0 amide bonds. The van der Waals surface area contributed by atoms with E-state index in [4.69, 9.17) is 0 Å². The molecule has 1 atom stereocenters. The van der Waals surface area contributed by atoms with Gasteiger partial charge in [-0.3, -0.25) is 0 Å². The van der Waals surface area contributed by atoms with Crippen LogP contribution < -0.4 is 0 Å². The van der Waals surface area contributed by atoms with E-state index in [-0.39, 0.29) is 11.0 Å². The third-order valence-electron chi connectivity index (χ3n) is 4.48. The van der Waals surface area contributed by atoms with Crippen LogP contribution in [-0.4, -0.2) is 37.0 Å². The van der Waals surface area contributed by atoms with Crippen molar-refractivity contribution in [1.29, 1.82) is 0 Å². The Morgan fingerprint density at radius 3 is 1.47 bits per heavy atom. The van der Waals surface area contributed by atoms with E-state index in [1.165, 1.54) is 24.3 Å². The van der Waals surface area contributed by atoms with Crippen LogP contribution in [0.3, 0.4) is 0 Å². The molecule has 1 rings (SSSR count). The molecule has 0 aliphatic heterocycles. The fourth-order valence-electron chi connectivity index (χ4n) is 2.50. The molecule has 174 valence electrons. The number of benzene rings is 1. The maximum atomic E-state index is 14.0. The van der Waals surface area contributed by atoms with Crippen LogP contribution >= 0.6 is 0 Å². The highest BCUT2D eigenvalue weighted by Gasteiger charge is 2.87. The Morgan fingerprint density at radius 1 is 0.700 bits per heavy atom. The molecule has 0 aliphatic rings. The monoisotopic (exact) mass is 460 g/mol. The van der Waals surface area contributed by atoms with Gasteiger partial charge in [-0.05, 0) is 16.5 Å². The lowest BCUT2D eigenvalue weighted by Crippen LogP contribution is -2.66. The fourth-order valence-corrected chi connectivity index (χ4v) is 2.50. The predicted octanol–water partition coefficient (Wildman–Crippen LogP) is 7.17. The summed E-state index contributed by atoms with van der Waals surface area (Å²) in [6.45, 7) is 5.40. The Bertz CT molecular complexity index is 715. The average molecular weight is 460 g/mol. The van der Waals surface area contributed by atoms with Gasteiger partial charge in [0.25, 0.3) is 0 Å². The first-order chi connectivity index (χ1) is 13.1. The van der Waals surface area contributed by atoms with E-state index in [0.717, 1.165) is 7.11 Å². The van der Waals surface area contributed by atoms with Gasteiger partial charge in [0, 0.05) is 13.5 Å². The summed E-state index contributed by atoms with van der Waals surface area (Å²) in [7, 11) is 0.763. The molecule has 1 aromatic carbocycles. The molecule has 0 fully saturated rings. The minimum absolute atomic E-state index is 0.188. The van der Waals surface area contributed by atoms with E-state index in [9.17, 15) is 48.3 Å². The van der Waals surface area contributed by atoms with E-state index in [1.54, 1.807) is 20.8 Å². The van der Waals surface area contributed by atoms with Crippen LogP contribution in [0.15, 0.2) is 24.3 Å². The van der Waals surface area contributed by atoms with E-state index in [2.05, 4.69) is 4.74 Å². The van der Waals surface area contributed by atoms with Crippen molar-refractivity contribution >= 4 is 0 Å². The maximum absolute atomic E-state index is 14.0. The second kappa shape index (κ2) is 7.83. The molecular formula is C18H19F11O. The molecule has 1 nitrogen and oxygen atoms in total. The zero-order valence-electron chi connectivity index (χ0n) is 16.2. The lowest BCUT2D eigenvalue weighted by atomic mass is 9.86. The van der Waals surface area contributed by atoms with E-state index < -0.39 is 42.4 Å². The molecule has 0 aliphatic carbocycles. The number of alkyl halides is 11. The first-order valence-electron chi connectivity index (χ1n) is 8.34. The lowest BCUT2D eigenvalue weighted by Gasteiger charge is -2.38. The van der Waals surface area contributed by atoms with Crippen molar-refractivity contribution in [3.8, 4) is 0 Å². The summed E-state index contributed by atoms with van der Waals surface area (Å²) < 4.78 is 149. The van der Waals surface area contributed by atoms with Gasteiger partial charge in [-0.15, -0.1) is 0 Å². The van der Waals surface area contributed by atoms with Gasteiger partial charge in [-0.2, -0.15) is 48.3 Å². The number of rotatable bonds is 7. The highest BCUT2D eigenvalue weighted by Crippen LogP contribution is 2.58. The highest BCUT2D eigenvalue weighted by atomic mass is 19.4. The highest BCUT2D eigenvalue weighted by molar-refractivity contribution is 5.29. The Labute approximate surface area is 165 Å². The molecule has 1 unspecified atom stereocenters. The van der Waals surface area contributed by atoms with Gasteiger partial charge in [0.1, 0.15) is 0 Å². The lowest BCUT2D eigenvalue weighted by molar-refractivity contribution is -0.423. The molecule has 0 N–H and O–H groups in total. The van der Waals surface area contributed by atoms with E-state index >= 15 is 0 Å². The number of ether oxygens (including phenoxy) is 1. The largest absolute Gasteiger partial charge is 0.460 e. The average Bonchev–Trinajstić information content (AvgIpc) is 2.57. The number of hydrogen-bond donors (Lipinski definition) is 0. The SMILES string of the molecule is COC(CC(F)(F)C(F)(F)C(F)(F)C(F)(F)C(F)(F)F)c1ccc(C(C)(C)C)cc1. The number of hydrogen-bond acceptors (Lipinski definition) is 1. The van der Waals surface area contributed by atoms with Crippen LogP contribution in [0.4, 0.5) is 48.3 Å². The molecule has 12 heteroatoms. The minimum atomic E-state index is -7.42. The molecule has 0 bridgehead atoms. The number of methoxy groups -OCH3 is 1. The van der Waals surface area contributed by atoms with E-state index in [1.807, 2.05) is 0 Å². The standard InChI is InChI=1S/C18H19F11O/c1-13(2,3)11-7-5-10(6-8-11)12(30-4)9-14(19,20)15(21,22)16(23,24)17(25,26)18(27,28)29/h5-8,12H,9H2,1-4H3. The molecule has 0 radical (unpaired) electrons. The number of halogens is 11. The molecular weight excluding hydrogens is 441 g/mol. The van der Waals surface area contributed by atoms with Gasteiger partial charge in [-0.25, -0.2) is 0 Å². The zero-order valence-corrected chi connectivity index (χ0v) is 16.2. The maximum Gasteiger partial charge on any atom is 0.460 e. The van der Waals surface area contributed by atoms with Crippen LogP contribution in [0.1, 0.15) is 44.4 Å². The molecule has 1 aromatic rings. The van der Waals surface area contributed by atoms with Crippen molar-refractivity contribution in [2.75, 3.05) is 7.11 Å². The van der Waals surface area contributed by atoms with Gasteiger partial charge in [0.2, 0.25) is 0 Å². The van der Waals surface area contributed by atoms with E-state index in [0.29, 0.717) is 5.56 Å². The molecule has 30 heavy (non-hydrogen) atoms. The van der Waals surface area contributed by atoms with Gasteiger partial charge >= 0.3 is 29.9 Å². The Hall–Kier alpha value is -1.59. The third kappa shape index (κ3) is 4.52. The van der Waals surface area contributed by atoms with Gasteiger partial charge in [-0.1, -0.05) is 45.0 Å². The normalized spacial score (nSPS) is 16.0. The zero-order chi connectivity index (χ0) is 24.0. The second-order valence-electron chi connectivity index (χ2n) is 7.73. The van der Waals surface area contributed by atoms with Crippen LogP contribution in [0, 0.1) is 0 Å². The van der Waals surface area contributed by atoms with Crippen molar-refractivity contribution in [3.05, 3.63) is 35.4 Å². The smallest absolute Gasteiger partial charge is 0.377 e. The van der Waals surface area contributed by atoms with Crippen LogP contribution in [0.25, 0.3) is 0 Å². The van der Waals surface area contributed by atoms with Crippen molar-refractivity contribution in [1.82, 2.24) is 0 Å². The topological polar surface area (TPSA) is 9.23 Å². The summed E-state index contributed by atoms with van der Waals surface area (Å²) in [5.74, 6) is -27.8. The Balaban J connectivity index is 3.28. The van der Waals surface area contributed by atoms with Crippen LogP contribution in [0.2, 0.25) is 0 Å². The van der Waals surface area contributed by atoms with Crippen LogP contribution in [-0.2, 0) is 10.2 Å². The van der Waals surface area contributed by atoms with Crippen molar-refractivity contribution < 1.29 is 53.0 Å². The second-order valence-corrected chi connectivity index (χ2v) is 7.73. The van der Waals surface area contributed by atoms with Crippen molar-refractivity contribution in [2.24, 2.45) is 0 Å². The van der Waals surface area contributed by atoms with Gasteiger partial charge in [0.05, 0.1) is 6.10 Å². The first kappa shape index (κ1) is 26.4. The summed E-state index contributed by atoms with van der Waals surface area (Å²) in [6, 6.07) is 5.19. The van der Waals surface area contributed by atoms with Gasteiger partial charge in [0.15, 0.2) is 0 Å². The van der Waals surface area contributed by atoms with Crippen molar-refractivity contribution in [2.45, 2.75) is 68.6 Å². The summed E-state index contributed by atoms with van der Waals surface area (Å²) in [5, 5.41) is 0. The molecule has 0 heterocycles. The minimum Gasteiger partial charge on any atom is -0.377 e. The summed E-state index contributed by atoms with van der Waals surface area (Å²) in [5.41, 5.74) is 0.116. The molecule has 0 aromatic heterocycles. The predicted molar refractivity (Wildman–Crippen MR) is 85.4 cm³/mol. The summed E-state index contributed by atoms with van der Waals surface area (Å²) in [6.07, 6.45) is -11.4. The van der Waals surface area contributed by atoms with Crippen LogP contribution in [0.5, 0.6) is 0 Å². The third-order valence-corrected chi connectivity index (χ3v) is 4.48. The van der Waals surface area contributed by atoms with Gasteiger partial charge < -0.3 is 4.74 Å². The Morgan fingerprint density at radius 2 is 1.13 bits per heavy atom. The molecule has 0 saturated heterocycles. The fraction of sp³-hybridized carbons (Fsp3) is 0.667. The summed E-state index contributed by atoms with van der Waals surface area (Å²) in [4.78, 5) is 0. The quantitative estimate of drug-likeness (QED) is 0.392. The Kier molecular flexibility index (Phi) is 6.90. The summed E-state index contributed by atoms with van der Waals surface area (Å²) >= 11 is 0. The first-order valence-corrected chi connectivity index (χ1v) is 8.34. The molecule has 0 saturated carbocycles. The van der Waals surface area contributed by atoms with Crippen molar-refractivity contribution in [3.63, 3.8) is 0 Å².